The van der Waals surface area contributed by atoms with Gasteiger partial charge in [-0.25, -0.2) is 4.98 Å². The Morgan fingerprint density at radius 1 is 1.47 bits per heavy atom. The first kappa shape index (κ1) is 10.0. The van der Waals surface area contributed by atoms with Crippen LogP contribution in [0.5, 0.6) is 0 Å². The van der Waals surface area contributed by atoms with Crippen molar-refractivity contribution in [3.63, 3.8) is 0 Å². The van der Waals surface area contributed by atoms with Crippen LogP contribution in [0.3, 0.4) is 0 Å². The molecular formula is C10H12N4S. The van der Waals surface area contributed by atoms with Crippen LogP contribution in [0.1, 0.15) is 10.6 Å². The van der Waals surface area contributed by atoms with Gasteiger partial charge in [0.1, 0.15) is 5.82 Å². The van der Waals surface area contributed by atoms with Crippen molar-refractivity contribution in [1.82, 2.24) is 15.2 Å². The van der Waals surface area contributed by atoms with Crippen molar-refractivity contribution in [3.05, 3.63) is 34.4 Å². The molecule has 0 radical (unpaired) electrons. The lowest BCUT2D eigenvalue weighted by molar-refractivity contribution is 0.952. The highest BCUT2D eigenvalue weighted by molar-refractivity contribution is 7.09. The minimum atomic E-state index is 0.826. The number of rotatable bonds is 4. The second-order valence-electron chi connectivity index (χ2n) is 3.22. The van der Waals surface area contributed by atoms with Crippen molar-refractivity contribution < 1.29 is 0 Å². The maximum absolute atomic E-state index is 4.21. The molecule has 0 aromatic carbocycles. The van der Waals surface area contributed by atoms with E-state index in [4.69, 9.17) is 0 Å². The lowest BCUT2D eigenvalue weighted by atomic mass is 10.3. The van der Waals surface area contributed by atoms with Crippen molar-refractivity contribution >= 4 is 17.2 Å². The summed E-state index contributed by atoms with van der Waals surface area (Å²) < 4.78 is 0. The average molecular weight is 220 g/mol. The molecule has 1 N–H and O–H groups in total. The smallest absolute Gasteiger partial charge is 0.148 e. The zero-order valence-electron chi connectivity index (χ0n) is 8.47. The third kappa shape index (κ3) is 2.99. The van der Waals surface area contributed by atoms with E-state index >= 15 is 0 Å². The van der Waals surface area contributed by atoms with E-state index in [1.54, 1.807) is 17.5 Å². The summed E-state index contributed by atoms with van der Waals surface area (Å²) in [6.45, 7) is 2.84. The molecule has 4 nitrogen and oxygen atoms in total. The van der Waals surface area contributed by atoms with Crippen molar-refractivity contribution in [1.29, 1.82) is 0 Å². The molecule has 2 heterocycles. The second kappa shape index (κ2) is 4.84. The van der Waals surface area contributed by atoms with E-state index in [1.165, 1.54) is 0 Å². The van der Waals surface area contributed by atoms with Crippen LogP contribution in [0, 0.1) is 6.92 Å². The van der Waals surface area contributed by atoms with Crippen LogP contribution in [0.4, 0.5) is 5.82 Å². The highest BCUT2D eigenvalue weighted by atomic mass is 32.1. The highest BCUT2D eigenvalue weighted by Crippen LogP contribution is 2.06. The standard InChI is InChI=1S/C10H12N4S/c1-8-6-9(14-13-7-8)11-3-2-10-12-4-5-15-10/h4-7H,2-3H2,1H3,(H,11,14). The molecule has 0 unspecified atom stereocenters. The van der Waals surface area contributed by atoms with Crippen LogP contribution >= 0.6 is 11.3 Å². The molecule has 2 aromatic heterocycles. The number of aromatic nitrogens is 3. The SMILES string of the molecule is Cc1cnnc(NCCc2nccs2)c1. The molecule has 0 aliphatic carbocycles. The summed E-state index contributed by atoms with van der Waals surface area (Å²) in [5.74, 6) is 0.826. The molecule has 0 fully saturated rings. The number of hydrogen-bond acceptors (Lipinski definition) is 5. The normalized spacial score (nSPS) is 10.2. The van der Waals surface area contributed by atoms with E-state index < -0.39 is 0 Å². The fourth-order valence-corrected chi connectivity index (χ4v) is 1.84. The Bertz CT molecular complexity index is 413. The van der Waals surface area contributed by atoms with Gasteiger partial charge in [-0.2, -0.15) is 5.10 Å². The van der Waals surface area contributed by atoms with E-state index in [1.807, 2.05) is 24.6 Å². The van der Waals surface area contributed by atoms with Crippen molar-refractivity contribution in [2.75, 3.05) is 11.9 Å². The van der Waals surface area contributed by atoms with Crippen molar-refractivity contribution in [2.45, 2.75) is 13.3 Å². The molecular weight excluding hydrogens is 208 g/mol. The Kier molecular flexibility index (Phi) is 3.24. The van der Waals surface area contributed by atoms with E-state index in [-0.39, 0.29) is 0 Å². The van der Waals surface area contributed by atoms with Crippen LogP contribution < -0.4 is 5.32 Å². The van der Waals surface area contributed by atoms with Crippen LogP contribution in [-0.4, -0.2) is 21.7 Å². The summed E-state index contributed by atoms with van der Waals surface area (Å²) in [4.78, 5) is 4.21. The van der Waals surface area contributed by atoms with Gasteiger partial charge in [-0.3, -0.25) is 0 Å². The quantitative estimate of drug-likeness (QED) is 0.855. The van der Waals surface area contributed by atoms with Gasteiger partial charge in [0.25, 0.3) is 0 Å². The van der Waals surface area contributed by atoms with Gasteiger partial charge in [-0.1, -0.05) is 0 Å². The number of aryl methyl sites for hydroxylation is 1. The number of nitrogens with zero attached hydrogens (tertiary/aromatic N) is 3. The van der Waals surface area contributed by atoms with Gasteiger partial charge in [0.15, 0.2) is 0 Å². The average Bonchev–Trinajstić information content (AvgIpc) is 2.71. The number of nitrogens with one attached hydrogen (secondary N) is 1. The monoisotopic (exact) mass is 220 g/mol. The molecule has 2 aromatic rings. The molecule has 0 bridgehead atoms. The second-order valence-corrected chi connectivity index (χ2v) is 4.20. The van der Waals surface area contributed by atoms with Crippen LogP contribution in [0.2, 0.25) is 0 Å². The largest absolute Gasteiger partial charge is 0.368 e. The lowest BCUT2D eigenvalue weighted by Crippen LogP contribution is -2.06. The molecule has 0 spiro atoms. The first-order valence-electron chi connectivity index (χ1n) is 4.76. The van der Waals surface area contributed by atoms with Crippen LogP contribution in [0.25, 0.3) is 0 Å². The molecule has 0 amide bonds. The molecule has 0 atom stereocenters. The zero-order valence-corrected chi connectivity index (χ0v) is 9.29. The number of thiazole rings is 1. The first-order valence-corrected chi connectivity index (χ1v) is 5.64. The van der Waals surface area contributed by atoms with Gasteiger partial charge in [0.05, 0.1) is 11.2 Å². The minimum absolute atomic E-state index is 0.826. The van der Waals surface area contributed by atoms with Gasteiger partial charge in [0.2, 0.25) is 0 Å². The van der Waals surface area contributed by atoms with Crippen molar-refractivity contribution in [2.24, 2.45) is 0 Å². The molecule has 0 saturated heterocycles. The maximum Gasteiger partial charge on any atom is 0.148 e. The van der Waals surface area contributed by atoms with E-state index in [0.29, 0.717) is 0 Å². The molecule has 2 rings (SSSR count). The van der Waals surface area contributed by atoms with Gasteiger partial charge in [-0.05, 0) is 18.6 Å². The molecule has 5 heteroatoms. The third-order valence-corrected chi connectivity index (χ3v) is 2.76. The third-order valence-electron chi connectivity index (χ3n) is 1.92. The van der Waals surface area contributed by atoms with E-state index in [0.717, 1.165) is 29.4 Å². The Morgan fingerprint density at radius 2 is 2.40 bits per heavy atom. The fraction of sp³-hybridized carbons (Fsp3) is 0.300. The Balaban J connectivity index is 1.83. The van der Waals surface area contributed by atoms with E-state index in [9.17, 15) is 0 Å². The number of anilines is 1. The molecule has 0 aliphatic heterocycles. The van der Waals surface area contributed by atoms with Crippen molar-refractivity contribution in [3.8, 4) is 0 Å². The molecule has 15 heavy (non-hydrogen) atoms. The van der Waals surface area contributed by atoms with E-state index in [2.05, 4.69) is 20.5 Å². The summed E-state index contributed by atoms with van der Waals surface area (Å²) in [6.07, 6.45) is 4.49. The summed E-state index contributed by atoms with van der Waals surface area (Å²) in [6, 6.07) is 1.98. The first-order chi connectivity index (χ1) is 7.34. The predicted molar refractivity (Wildman–Crippen MR) is 61.1 cm³/mol. The zero-order chi connectivity index (χ0) is 10.5. The topological polar surface area (TPSA) is 50.7 Å². The summed E-state index contributed by atoms with van der Waals surface area (Å²) in [5.41, 5.74) is 1.11. The van der Waals surface area contributed by atoms with Gasteiger partial charge >= 0.3 is 0 Å². The van der Waals surface area contributed by atoms with Gasteiger partial charge < -0.3 is 5.32 Å². The lowest BCUT2D eigenvalue weighted by Gasteiger charge is -2.03. The predicted octanol–water partition coefficient (Wildman–Crippen LogP) is 1.90. The maximum atomic E-state index is 4.21. The van der Waals surface area contributed by atoms with Gasteiger partial charge in [-0.15, -0.1) is 16.4 Å². The summed E-state index contributed by atoms with van der Waals surface area (Å²) in [5, 5.41) is 14.2. The Hall–Kier alpha value is -1.49. The van der Waals surface area contributed by atoms with Crippen LogP contribution in [0.15, 0.2) is 23.8 Å². The molecule has 78 valence electrons. The van der Waals surface area contributed by atoms with Gasteiger partial charge in [0, 0.05) is 24.5 Å². The molecule has 0 saturated carbocycles. The minimum Gasteiger partial charge on any atom is -0.368 e. The fourth-order valence-electron chi connectivity index (χ4n) is 1.22. The number of hydrogen-bond donors (Lipinski definition) is 1. The molecule has 0 aliphatic rings. The summed E-state index contributed by atoms with van der Waals surface area (Å²) in [7, 11) is 0. The Labute approximate surface area is 92.4 Å². The van der Waals surface area contributed by atoms with Crippen LogP contribution in [-0.2, 0) is 6.42 Å². The Morgan fingerprint density at radius 3 is 3.13 bits per heavy atom. The summed E-state index contributed by atoms with van der Waals surface area (Å²) >= 11 is 1.67. The highest BCUT2D eigenvalue weighted by Gasteiger charge is 1.97.